The van der Waals surface area contributed by atoms with Gasteiger partial charge in [-0.3, -0.25) is 9.59 Å². The smallest absolute Gasteiger partial charge is 0.309 e. The van der Waals surface area contributed by atoms with Crippen LogP contribution in [0.5, 0.6) is 0 Å². The lowest BCUT2D eigenvalue weighted by Gasteiger charge is -2.30. The van der Waals surface area contributed by atoms with E-state index in [1.54, 1.807) is 4.52 Å². The molecule has 0 unspecified atom stereocenters. The number of esters is 1. The zero-order valence-corrected chi connectivity index (χ0v) is 17.3. The number of benzene rings is 1. The number of aromatic nitrogens is 4. The largest absolute Gasteiger partial charge is 0.466 e. The molecule has 0 radical (unpaired) electrons. The summed E-state index contributed by atoms with van der Waals surface area (Å²) in [5, 5.41) is 6.03. The van der Waals surface area contributed by atoms with Gasteiger partial charge in [0.15, 0.2) is 10.8 Å². The molecule has 3 heterocycles. The van der Waals surface area contributed by atoms with Crippen LogP contribution in [0.25, 0.3) is 16.6 Å². The molecule has 152 valence electrons. The molecule has 29 heavy (non-hydrogen) atoms. The van der Waals surface area contributed by atoms with Crippen LogP contribution in [0, 0.1) is 12.8 Å². The molecule has 1 amide bonds. The van der Waals surface area contributed by atoms with Crippen LogP contribution in [-0.4, -0.2) is 61.8 Å². The molecule has 0 bridgehead atoms. The Hall–Kier alpha value is -2.68. The van der Waals surface area contributed by atoms with Gasteiger partial charge in [0.05, 0.1) is 23.8 Å². The highest BCUT2D eigenvalue weighted by Gasteiger charge is 2.28. The van der Waals surface area contributed by atoms with E-state index in [1.807, 2.05) is 43.0 Å². The van der Waals surface area contributed by atoms with Crippen molar-refractivity contribution in [2.45, 2.75) is 31.8 Å². The summed E-state index contributed by atoms with van der Waals surface area (Å²) in [7, 11) is 0. The Kier molecular flexibility index (Phi) is 5.66. The molecule has 1 aromatic carbocycles. The topological polar surface area (TPSA) is 89.7 Å². The molecule has 2 aromatic heterocycles. The van der Waals surface area contributed by atoms with Crippen LogP contribution >= 0.6 is 11.8 Å². The molecule has 1 fully saturated rings. The van der Waals surface area contributed by atoms with Gasteiger partial charge in [-0.1, -0.05) is 23.9 Å². The first-order valence-electron chi connectivity index (χ1n) is 9.76. The third-order valence-electron chi connectivity index (χ3n) is 5.05. The molecule has 0 spiro atoms. The highest BCUT2D eigenvalue weighted by atomic mass is 32.2. The lowest BCUT2D eigenvalue weighted by atomic mass is 9.97. The van der Waals surface area contributed by atoms with Crippen molar-refractivity contribution >= 4 is 40.2 Å². The minimum Gasteiger partial charge on any atom is -0.466 e. The molecule has 1 aliphatic rings. The van der Waals surface area contributed by atoms with E-state index in [2.05, 4.69) is 15.1 Å². The Morgan fingerprint density at radius 2 is 1.97 bits per heavy atom. The summed E-state index contributed by atoms with van der Waals surface area (Å²) >= 11 is 1.36. The summed E-state index contributed by atoms with van der Waals surface area (Å²) in [4.78, 5) is 35.6. The average molecular weight is 414 g/mol. The highest BCUT2D eigenvalue weighted by molar-refractivity contribution is 7.99. The second kappa shape index (κ2) is 8.36. The summed E-state index contributed by atoms with van der Waals surface area (Å²) in [5.74, 6) is 0.711. The number of thioether (sulfide) groups is 1. The summed E-state index contributed by atoms with van der Waals surface area (Å²) < 4.78 is 6.80. The Labute approximate surface area is 172 Å². The zero-order valence-electron chi connectivity index (χ0n) is 16.5. The lowest BCUT2D eigenvalue weighted by molar-refractivity contribution is -0.151. The van der Waals surface area contributed by atoms with Crippen LogP contribution in [0.4, 0.5) is 0 Å². The standard InChI is InChI=1S/C20H23N5O3S/c1-3-28-19(27)14-8-10-24(11-9-14)17(26)12-29-20-22-16-7-5-4-6-15(16)18-21-13(2)23-25(18)20/h4-7,14H,3,8-12H2,1-2H3. The molecule has 0 saturated carbocycles. The fourth-order valence-corrected chi connectivity index (χ4v) is 4.42. The maximum absolute atomic E-state index is 12.7. The van der Waals surface area contributed by atoms with Gasteiger partial charge in [-0.2, -0.15) is 4.52 Å². The van der Waals surface area contributed by atoms with Gasteiger partial charge in [0, 0.05) is 18.5 Å². The van der Waals surface area contributed by atoms with Gasteiger partial charge in [-0.15, -0.1) is 5.10 Å². The first-order valence-corrected chi connectivity index (χ1v) is 10.7. The molecular formula is C20H23N5O3S. The van der Waals surface area contributed by atoms with Crippen molar-refractivity contribution in [3.05, 3.63) is 30.1 Å². The Morgan fingerprint density at radius 3 is 2.72 bits per heavy atom. The van der Waals surface area contributed by atoms with E-state index < -0.39 is 0 Å². The Bertz CT molecular complexity index is 1060. The van der Waals surface area contributed by atoms with Crippen molar-refractivity contribution in [2.24, 2.45) is 5.92 Å². The van der Waals surface area contributed by atoms with E-state index in [1.165, 1.54) is 11.8 Å². The predicted octanol–water partition coefficient (Wildman–Crippen LogP) is 2.48. The highest BCUT2D eigenvalue weighted by Crippen LogP contribution is 2.25. The molecule has 1 aliphatic heterocycles. The third-order valence-corrected chi connectivity index (χ3v) is 5.96. The Balaban J connectivity index is 1.44. The van der Waals surface area contributed by atoms with E-state index >= 15 is 0 Å². The number of hydrogen-bond acceptors (Lipinski definition) is 7. The van der Waals surface area contributed by atoms with E-state index in [9.17, 15) is 9.59 Å². The van der Waals surface area contributed by atoms with Crippen molar-refractivity contribution in [3.63, 3.8) is 0 Å². The number of para-hydroxylation sites is 1. The molecule has 8 nitrogen and oxygen atoms in total. The molecule has 0 atom stereocenters. The fraction of sp³-hybridized carbons (Fsp3) is 0.450. The quantitative estimate of drug-likeness (QED) is 0.361. The molecule has 1 saturated heterocycles. The van der Waals surface area contributed by atoms with Crippen LogP contribution in [0.1, 0.15) is 25.6 Å². The third kappa shape index (κ3) is 4.05. The zero-order chi connectivity index (χ0) is 20.4. The van der Waals surface area contributed by atoms with Crippen molar-refractivity contribution in [1.29, 1.82) is 0 Å². The number of carbonyl (C=O) groups excluding carboxylic acids is 2. The maximum Gasteiger partial charge on any atom is 0.309 e. The number of hydrogen-bond donors (Lipinski definition) is 0. The van der Waals surface area contributed by atoms with Crippen LogP contribution in [-0.2, 0) is 14.3 Å². The lowest BCUT2D eigenvalue weighted by Crippen LogP contribution is -2.41. The van der Waals surface area contributed by atoms with E-state index in [0.717, 1.165) is 16.6 Å². The summed E-state index contributed by atoms with van der Waals surface area (Å²) in [6, 6.07) is 7.79. The number of likely N-dealkylation sites (tertiary alicyclic amines) is 1. The molecule has 0 aliphatic carbocycles. The van der Waals surface area contributed by atoms with Crippen LogP contribution < -0.4 is 0 Å². The molecular weight excluding hydrogens is 390 g/mol. The van der Waals surface area contributed by atoms with Crippen LogP contribution in [0.15, 0.2) is 29.4 Å². The summed E-state index contributed by atoms with van der Waals surface area (Å²) in [6.45, 7) is 5.19. The van der Waals surface area contributed by atoms with Crippen LogP contribution in [0.2, 0.25) is 0 Å². The van der Waals surface area contributed by atoms with E-state index in [0.29, 0.717) is 43.5 Å². The second-order valence-electron chi connectivity index (χ2n) is 7.00. The van der Waals surface area contributed by atoms with Gasteiger partial charge in [0.2, 0.25) is 5.91 Å². The number of carbonyl (C=O) groups is 2. The predicted molar refractivity (Wildman–Crippen MR) is 110 cm³/mol. The van der Waals surface area contributed by atoms with Gasteiger partial charge >= 0.3 is 5.97 Å². The van der Waals surface area contributed by atoms with Crippen LogP contribution in [0.3, 0.4) is 0 Å². The molecule has 4 rings (SSSR count). The monoisotopic (exact) mass is 413 g/mol. The first-order chi connectivity index (χ1) is 14.1. The Morgan fingerprint density at radius 1 is 1.21 bits per heavy atom. The minimum atomic E-state index is -0.154. The maximum atomic E-state index is 12.7. The van der Waals surface area contributed by atoms with E-state index in [-0.39, 0.29) is 23.5 Å². The number of rotatable bonds is 5. The van der Waals surface area contributed by atoms with Gasteiger partial charge in [-0.25, -0.2) is 9.97 Å². The second-order valence-corrected chi connectivity index (χ2v) is 7.94. The van der Waals surface area contributed by atoms with Gasteiger partial charge in [0.25, 0.3) is 0 Å². The number of aryl methyl sites for hydroxylation is 1. The summed E-state index contributed by atoms with van der Waals surface area (Å²) in [6.07, 6.45) is 1.30. The van der Waals surface area contributed by atoms with Gasteiger partial charge < -0.3 is 9.64 Å². The SMILES string of the molecule is CCOC(=O)C1CCN(C(=O)CSc2nc3ccccc3c3nc(C)nn23)CC1. The first kappa shape index (κ1) is 19.6. The number of piperidine rings is 1. The number of nitrogens with zero attached hydrogens (tertiary/aromatic N) is 5. The van der Waals surface area contributed by atoms with Crippen molar-refractivity contribution < 1.29 is 14.3 Å². The summed E-state index contributed by atoms with van der Waals surface area (Å²) in [5.41, 5.74) is 1.58. The number of ether oxygens (including phenoxy) is 1. The van der Waals surface area contributed by atoms with Gasteiger partial charge in [-0.05, 0) is 38.8 Å². The van der Waals surface area contributed by atoms with E-state index in [4.69, 9.17) is 4.74 Å². The van der Waals surface area contributed by atoms with Crippen molar-refractivity contribution in [1.82, 2.24) is 24.5 Å². The molecule has 0 N–H and O–H groups in total. The molecule has 3 aromatic rings. The van der Waals surface area contributed by atoms with Gasteiger partial charge in [0.1, 0.15) is 5.82 Å². The van der Waals surface area contributed by atoms with Crippen molar-refractivity contribution in [3.8, 4) is 0 Å². The fourth-order valence-electron chi connectivity index (χ4n) is 3.57. The average Bonchev–Trinajstić information content (AvgIpc) is 3.14. The normalized spacial score (nSPS) is 15.2. The number of amides is 1. The molecule has 9 heteroatoms. The van der Waals surface area contributed by atoms with Crippen molar-refractivity contribution in [2.75, 3.05) is 25.4 Å². The minimum absolute atomic E-state index is 0.0391. The number of fused-ring (bicyclic) bond motifs is 3.